The Morgan fingerprint density at radius 2 is 1.50 bits per heavy atom. The Hall–Kier alpha value is -3.40. The van der Waals surface area contributed by atoms with Crippen LogP contribution in [-0.4, -0.2) is 9.55 Å². The predicted octanol–water partition coefficient (Wildman–Crippen LogP) is 6.21. The van der Waals surface area contributed by atoms with Gasteiger partial charge in [-0.3, -0.25) is 9.59 Å². The highest BCUT2D eigenvalue weighted by molar-refractivity contribution is 6.03. The number of pyridine rings is 2. The van der Waals surface area contributed by atoms with Crippen molar-refractivity contribution in [3.8, 4) is 0 Å². The van der Waals surface area contributed by atoms with Gasteiger partial charge in [0, 0.05) is 33.6 Å². The molecule has 5 rings (SSSR count). The molecule has 0 atom stereocenters. The maximum absolute atomic E-state index is 13.5. The van der Waals surface area contributed by atoms with E-state index in [2.05, 4.69) is 29.5 Å². The van der Waals surface area contributed by atoms with E-state index in [1.165, 1.54) is 0 Å². The SMILES string of the molecule is CCCCCn1c2cc(C)ccc2c(=O)c2cc3[nH]c4ccc(CC)cc4c(=O)c3cc21. The van der Waals surface area contributed by atoms with Gasteiger partial charge in [-0.15, -0.1) is 0 Å². The molecular formula is C28H28N2O2. The number of H-pyrrole nitrogens is 1. The molecular weight excluding hydrogens is 396 g/mol. The van der Waals surface area contributed by atoms with Crippen molar-refractivity contribution >= 4 is 43.6 Å². The van der Waals surface area contributed by atoms with E-state index in [4.69, 9.17) is 0 Å². The van der Waals surface area contributed by atoms with Crippen LogP contribution in [0.4, 0.5) is 0 Å². The van der Waals surface area contributed by atoms with Crippen molar-refractivity contribution in [1.82, 2.24) is 9.55 Å². The summed E-state index contributed by atoms with van der Waals surface area (Å²) >= 11 is 0. The van der Waals surface area contributed by atoms with Crippen molar-refractivity contribution in [2.45, 2.75) is 53.0 Å². The van der Waals surface area contributed by atoms with E-state index in [9.17, 15) is 9.59 Å². The van der Waals surface area contributed by atoms with Gasteiger partial charge in [-0.2, -0.15) is 0 Å². The third-order valence-electron chi connectivity index (χ3n) is 6.60. The molecule has 0 aliphatic rings. The lowest BCUT2D eigenvalue weighted by molar-refractivity contribution is 0.626. The maximum Gasteiger partial charge on any atom is 0.197 e. The molecule has 0 saturated heterocycles. The van der Waals surface area contributed by atoms with E-state index >= 15 is 0 Å². The quantitative estimate of drug-likeness (QED) is 0.269. The second-order valence-corrected chi connectivity index (χ2v) is 8.81. The van der Waals surface area contributed by atoms with Crippen molar-refractivity contribution < 1.29 is 0 Å². The van der Waals surface area contributed by atoms with Crippen molar-refractivity contribution in [1.29, 1.82) is 0 Å². The molecule has 5 aromatic rings. The van der Waals surface area contributed by atoms with Crippen LogP contribution < -0.4 is 10.9 Å². The fourth-order valence-electron chi connectivity index (χ4n) is 4.78. The lowest BCUT2D eigenvalue weighted by Crippen LogP contribution is -2.13. The highest BCUT2D eigenvalue weighted by atomic mass is 16.1. The second-order valence-electron chi connectivity index (χ2n) is 8.81. The summed E-state index contributed by atoms with van der Waals surface area (Å²) in [6, 6.07) is 15.8. The Bertz CT molecular complexity index is 1620. The first-order chi connectivity index (χ1) is 15.5. The Labute approximate surface area is 186 Å². The predicted molar refractivity (Wildman–Crippen MR) is 135 cm³/mol. The average molecular weight is 425 g/mol. The van der Waals surface area contributed by atoms with Crippen molar-refractivity contribution in [3.05, 3.63) is 80.1 Å². The first-order valence-corrected chi connectivity index (χ1v) is 11.6. The number of hydrogen-bond acceptors (Lipinski definition) is 2. The molecule has 0 fully saturated rings. The summed E-state index contributed by atoms with van der Waals surface area (Å²) in [4.78, 5) is 30.3. The lowest BCUT2D eigenvalue weighted by atomic mass is 10.0. The van der Waals surface area contributed by atoms with Crippen molar-refractivity contribution in [2.24, 2.45) is 0 Å². The molecule has 2 heterocycles. The van der Waals surface area contributed by atoms with Gasteiger partial charge in [0.1, 0.15) is 0 Å². The molecule has 4 heteroatoms. The number of aromatic nitrogens is 2. The third-order valence-corrected chi connectivity index (χ3v) is 6.60. The van der Waals surface area contributed by atoms with Gasteiger partial charge in [0.15, 0.2) is 10.9 Å². The number of nitrogens with one attached hydrogen (secondary N) is 1. The summed E-state index contributed by atoms with van der Waals surface area (Å²) < 4.78 is 2.24. The van der Waals surface area contributed by atoms with E-state index in [0.29, 0.717) is 21.7 Å². The van der Waals surface area contributed by atoms with Crippen LogP contribution in [0.5, 0.6) is 0 Å². The van der Waals surface area contributed by atoms with Gasteiger partial charge in [-0.1, -0.05) is 38.8 Å². The average Bonchev–Trinajstić information content (AvgIpc) is 2.80. The van der Waals surface area contributed by atoms with Gasteiger partial charge in [0.05, 0.1) is 16.6 Å². The van der Waals surface area contributed by atoms with Gasteiger partial charge in [0.2, 0.25) is 0 Å². The van der Waals surface area contributed by atoms with Crippen LogP contribution in [0.25, 0.3) is 43.6 Å². The topological polar surface area (TPSA) is 54.9 Å². The molecule has 162 valence electrons. The summed E-state index contributed by atoms with van der Waals surface area (Å²) in [6.45, 7) is 7.15. The molecule has 1 N–H and O–H groups in total. The summed E-state index contributed by atoms with van der Waals surface area (Å²) in [7, 11) is 0. The first-order valence-electron chi connectivity index (χ1n) is 11.6. The minimum absolute atomic E-state index is 0.0165. The summed E-state index contributed by atoms with van der Waals surface area (Å²) in [5.74, 6) is 0. The standard InChI is InChI=1S/C28H28N2O2/c1-4-6-7-12-30-25-13-17(3)8-10-19(25)27(31)22-15-24-21(16-26(22)30)28(32)20-14-18(5-2)9-11-23(20)29-24/h8-11,13-16H,4-7,12H2,1-3H3,(H,29,32). The van der Waals surface area contributed by atoms with Crippen molar-refractivity contribution in [2.75, 3.05) is 0 Å². The Kier molecular flexibility index (Phi) is 5.09. The van der Waals surface area contributed by atoms with Crippen LogP contribution in [0.1, 0.15) is 44.2 Å². The van der Waals surface area contributed by atoms with E-state index < -0.39 is 0 Å². The molecule has 0 unspecified atom stereocenters. The second kappa shape index (κ2) is 7.94. The minimum atomic E-state index is 0.0165. The summed E-state index contributed by atoms with van der Waals surface area (Å²) in [5, 5.41) is 2.72. The van der Waals surface area contributed by atoms with Gasteiger partial charge in [-0.05, 0) is 67.3 Å². The van der Waals surface area contributed by atoms with E-state index in [1.54, 1.807) is 0 Å². The van der Waals surface area contributed by atoms with Gasteiger partial charge in [-0.25, -0.2) is 0 Å². The largest absolute Gasteiger partial charge is 0.354 e. The highest BCUT2D eigenvalue weighted by Crippen LogP contribution is 2.26. The normalized spacial score (nSPS) is 11.8. The molecule has 4 nitrogen and oxygen atoms in total. The molecule has 32 heavy (non-hydrogen) atoms. The Morgan fingerprint density at radius 1 is 0.750 bits per heavy atom. The first kappa shape index (κ1) is 20.5. The zero-order chi connectivity index (χ0) is 22.4. The fraction of sp³-hybridized carbons (Fsp3) is 0.286. The molecule has 0 saturated carbocycles. The van der Waals surface area contributed by atoms with Gasteiger partial charge >= 0.3 is 0 Å². The van der Waals surface area contributed by atoms with Crippen LogP contribution >= 0.6 is 0 Å². The van der Waals surface area contributed by atoms with Crippen LogP contribution in [0.2, 0.25) is 0 Å². The van der Waals surface area contributed by atoms with E-state index in [0.717, 1.165) is 65.3 Å². The number of hydrogen-bond donors (Lipinski definition) is 1. The Morgan fingerprint density at radius 3 is 2.28 bits per heavy atom. The number of nitrogens with zero attached hydrogens (tertiary/aromatic N) is 1. The lowest BCUT2D eigenvalue weighted by Gasteiger charge is -2.16. The molecule has 0 spiro atoms. The molecule has 0 amide bonds. The van der Waals surface area contributed by atoms with Crippen LogP contribution in [0, 0.1) is 6.92 Å². The molecule has 0 aliphatic carbocycles. The zero-order valence-corrected chi connectivity index (χ0v) is 18.9. The summed E-state index contributed by atoms with van der Waals surface area (Å²) in [6.07, 6.45) is 4.17. The highest BCUT2D eigenvalue weighted by Gasteiger charge is 2.15. The van der Waals surface area contributed by atoms with E-state index in [1.807, 2.05) is 49.4 Å². The summed E-state index contributed by atoms with van der Waals surface area (Å²) in [5.41, 5.74) is 5.60. The third kappa shape index (κ3) is 3.22. The number of fused-ring (bicyclic) bond motifs is 4. The van der Waals surface area contributed by atoms with Gasteiger partial charge in [0.25, 0.3) is 0 Å². The molecule has 0 aliphatic heterocycles. The smallest absolute Gasteiger partial charge is 0.197 e. The number of benzene rings is 3. The number of aromatic amines is 1. The zero-order valence-electron chi connectivity index (χ0n) is 18.9. The molecule has 2 aromatic heterocycles. The molecule has 3 aromatic carbocycles. The van der Waals surface area contributed by atoms with Crippen LogP contribution in [-0.2, 0) is 13.0 Å². The monoisotopic (exact) mass is 424 g/mol. The number of rotatable bonds is 5. The molecule has 0 bridgehead atoms. The van der Waals surface area contributed by atoms with Gasteiger partial charge < -0.3 is 9.55 Å². The minimum Gasteiger partial charge on any atom is -0.354 e. The van der Waals surface area contributed by atoms with E-state index in [-0.39, 0.29) is 10.9 Å². The molecule has 0 radical (unpaired) electrons. The fourth-order valence-corrected chi connectivity index (χ4v) is 4.78. The Balaban J connectivity index is 1.92. The number of unbranched alkanes of at least 4 members (excludes halogenated alkanes) is 2. The van der Waals surface area contributed by atoms with Crippen LogP contribution in [0.15, 0.2) is 58.1 Å². The van der Waals surface area contributed by atoms with Crippen LogP contribution in [0.3, 0.4) is 0 Å². The van der Waals surface area contributed by atoms with Crippen molar-refractivity contribution in [3.63, 3.8) is 0 Å². The number of aryl methyl sites for hydroxylation is 3. The maximum atomic E-state index is 13.5.